The third-order valence-corrected chi connectivity index (χ3v) is 5.67. The largest absolute Gasteiger partial charge is 0.462 e. The molecule has 1 saturated heterocycles. The van der Waals surface area contributed by atoms with E-state index in [1.165, 1.54) is 20.8 Å². The summed E-state index contributed by atoms with van der Waals surface area (Å²) in [6.45, 7) is 7.46. The van der Waals surface area contributed by atoms with E-state index < -0.39 is 41.8 Å². The molecule has 3 aliphatic rings. The Morgan fingerprint density at radius 2 is 1.73 bits per heavy atom. The number of rotatable bonds is 4. The van der Waals surface area contributed by atoms with E-state index in [0.717, 1.165) is 0 Å². The van der Waals surface area contributed by atoms with Crippen LogP contribution in [0.1, 0.15) is 53.9 Å². The van der Waals surface area contributed by atoms with E-state index in [2.05, 4.69) is 0 Å². The zero-order chi connectivity index (χ0) is 22.2. The highest BCUT2D eigenvalue weighted by Gasteiger charge is 2.62. The SMILES string of the molecule is CC(=O)OCC1=C2[C@@H](C[C@@H](C)C[C@@H](OC(C)=O)C[C@]3(C)O[C@H]3[C@H]2OC(C)=O)OC1=O. The molecule has 0 spiro atoms. The molecule has 6 atom stereocenters. The van der Waals surface area contributed by atoms with Crippen LogP contribution in [-0.2, 0) is 42.9 Å². The van der Waals surface area contributed by atoms with Gasteiger partial charge < -0.3 is 23.7 Å². The van der Waals surface area contributed by atoms with Crippen molar-refractivity contribution in [1.29, 1.82) is 0 Å². The smallest absolute Gasteiger partial charge is 0.338 e. The zero-order valence-electron chi connectivity index (χ0n) is 17.9. The lowest BCUT2D eigenvalue weighted by molar-refractivity contribution is -0.148. The van der Waals surface area contributed by atoms with Crippen LogP contribution in [0.25, 0.3) is 0 Å². The molecule has 0 radical (unpaired) electrons. The summed E-state index contributed by atoms with van der Waals surface area (Å²) in [6, 6.07) is 0. The molecule has 0 aromatic rings. The molecule has 166 valence electrons. The van der Waals surface area contributed by atoms with Crippen LogP contribution in [0.3, 0.4) is 0 Å². The van der Waals surface area contributed by atoms with Crippen molar-refractivity contribution in [1.82, 2.24) is 0 Å². The highest BCUT2D eigenvalue weighted by Crippen LogP contribution is 2.49. The third kappa shape index (κ3) is 4.83. The quantitative estimate of drug-likeness (QED) is 0.377. The number of carbonyl (C=O) groups excluding carboxylic acids is 4. The van der Waals surface area contributed by atoms with Gasteiger partial charge in [-0.25, -0.2) is 4.79 Å². The Balaban J connectivity index is 2.00. The molecular weight excluding hydrogens is 396 g/mol. The van der Waals surface area contributed by atoms with Crippen LogP contribution >= 0.6 is 0 Å². The molecule has 0 aromatic carbocycles. The van der Waals surface area contributed by atoms with Gasteiger partial charge in [0.15, 0.2) is 6.10 Å². The highest BCUT2D eigenvalue weighted by molar-refractivity contribution is 5.93. The maximum absolute atomic E-state index is 12.6. The van der Waals surface area contributed by atoms with Gasteiger partial charge in [-0.1, -0.05) is 6.92 Å². The van der Waals surface area contributed by atoms with Crippen LogP contribution in [0.5, 0.6) is 0 Å². The first kappa shape index (κ1) is 22.3. The third-order valence-electron chi connectivity index (χ3n) is 5.67. The molecule has 0 amide bonds. The predicted molar refractivity (Wildman–Crippen MR) is 101 cm³/mol. The first-order valence-electron chi connectivity index (χ1n) is 10.1. The van der Waals surface area contributed by atoms with Gasteiger partial charge in [0.2, 0.25) is 0 Å². The van der Waals surface area contributed by atoms with Gasteiger partial charge in [0.1, 0.15) is 24.9 Å². The summed E-state index contributed by atoms with van der Waals surface area (Å²) < 4.78 is 27.6. The molecule has 1 aliphatic carbocycles. The zero-order valence-corrected chi connectivity index (χ0v) is 17.9. The second-order valence-electron chi connectivity index (χ2n) is 8.50. The van der Waals surface area contributed by atoms with Crippen LogP contribution in [0.2, 0.25) is 0 Å². The minimum atomic E-state index is -0.863. The molecular formula is C21H28O9. The molecule has 2 fully saturated rings. The van der Waals surface area contributed by atoms with Gasteiger partial charge in [-0.2, -0.15) is 0 Å². The van der Waals surface area contributed by atoms with Gasteiger partial charge in [-0.3, -0.25) is 14.4 Å². The average molecular weight is 424 g/mol. The number of epoxide rings is 1. The molecule has 0 N–H and O–H groups in total. The van der Waals surface area contributed by atoms with Crippen molar-refractivity contribution in [2.75, 3.05) is 6.61 Å². The molecule has 0 aromatic heterocycles. The topological polar surface area (TPSA) is 118 Å². The Labute approximate surface area is 175 Å². The van der Waals surface area contributed by atoms with Crippen LogP contribution in [0, 0.1) is 5.92 Å². The maximum Gasteiger partial charge on any atom is 0.338 e. The molecule has 9 nitrogen and oxygen atoms in total. The Morgan fingerprint density at radius 3 is 2.33 bits per heavy atom. The molecule has 1 saturated carbocycles. The predicted octanol–water partition coefficient (Wildman–Crippen LogP) is 1.61. The molecule has 30 heavy (non-hydrogen) atoms. The van der Waals surface area contributed by atoms with E-state index >= 15 is 0 Å². The summed E-state index contributed by atoms with van der Waals surface area (Å²) in [5.74, 6) is -2.01. The van der Waals surface area contributed by atoms with Crippen LogP contribution in [0.15, 0.2) is 11.1 Å². The van der Waals surface area contributed by atoms with Gasteiger partial charge >= 0.3 is 23.9 Å². The minimum Gasteiger partial charge on any atom is -0.462 e. The number of hydrogen-bond donors (Lipinski definition) is 0. The Morgan fingerprint density at radius 1 is 1.07 bits per heavy atom. The van der Waals surface area contributed by atoms with Crippen molar-refractivity contribution < 1.29 is 42.9 Å². The monoisotopic (exact) mass is 424 g/mol. The van der Waals surface area contributed by atoms with Gasteiger partial charge in [-0.05, 0) is 25.7 Å². The highest BCUT2D eigenvalue weighted by atomic mass is 16.6. The Hall–Kier alpha value is -2.42. The van der Waals surface area contributed by atoms with Crippen molar-refractivity contribution in [3.8, 4) is 0 Å². The lowest BCUT2D eigenvalue weighted by Crippen LogP contribution is -2.38. The second-order valence-corrected chi connectivity index (χ2v) is 8.50. The van der Waals surface area contributed by atoms with E-state index in [-0.39, 0.29) is 30.2 Å². The van der Waals surface area contributed by atoms with Crippen LogP contribution < -0.4 is 0 Å². The fourth-order valence-corrected chi connectivity index (χ4v) is 4.46. The molecule has 2 aliphatic heterocycles. The van der Waals surface area contributed by atoms with E-state index in [1.54, 1.807) is 0 Å². The number of fused-ring (bicyclic) bond motifs is 2. The van der Waals surface area contributed by atoms with Gasteiger partial charge in [0.25, 0.3) is 0 Å². The van der Waals surface area contributed by atoms with E-state index in [4.69, 9.17) is 23.7 Å². The van der Waals surface area contributed by atoms with Crippen LogP contribution in [-0.4, -0.2) is 60.5 Å². The summed E-state index contributed by atoms with van der Waals surface area (Å²) in [7, 11) is 0. The summed E-state index contributed by atoms with van der Waals surface area (Å²) in [5.41, 5.74) is -0.0286. The maximum atomic E-state index is 12.6. The van der Waals surface area contributed by atoms with Gasteiger partial charge in [-0.15, -0.1) is 0 Å². The summed E-state index contributed by atoms with van der Waals surface area (Å²) in [5, 5.41) is 0. The first-order chi connectivity index (χ1) is 14.0. The molecule has 0 unspecified atom stereocenters. The number of carbonyl (C=O) groups is 4. The molecule has 2 heterocycles. The standard InChI is InChI=1S/C21H28O9/c1-10-6-14(27-12(3)23)8-21(5)19(30-21)18(28-13(4)24)17-15(9-26-11(2)22)20(25)29-16(17)7-10/h10,14,16,18-19H,6-9H2,1-5H3/t10-,14+,16+,18-,19-,21-/m0/s1. The summed E-state index contributed by atoms with van der Waals surface area (Å²) in [4.78, 5) is 47.3. The van der Waals surface area contributed by atoms with Gasteiger partial charge in [0, 0.05) is 32.8 Å². The normalized spacial score (nSPS) is 35.5. The second kappa shape index (κ2) is 8.37. The number of esters is 4. The van der Waals surface area contributed by atoms with Gasteiger partial charge in [0.05, 0.1) is 11.2 Å². The summed E-state index contributed by atoms with van der Waals surface area (Å²) in [6.07, 6.45) is -0.954. The number of hydrogen-bond acceptors (Lipinski definition) is 9. The van der Waals surface area contributed by atoms with Crippen molar-refractivity contribution in [2.45, 2.75) is 83.9 Å². The van der Waals surface area contributed by atoms with Crippen LogP contribution in [0.4, 0.5) is 0 Å². The van der Waals surface area contributed by atoms with E-state index in [1.807, 2.05) is 13.8 Å². The van der Waals surface area contributed by atoms with Crippen molar-refractivity contribution in [2.24, 2.45) is 5.92 Å². The average Bonchev–Trinajstić information content (AvgIpc) is 3.14. The van der Waals surface area contributed by atoms with Crippen molar-refractivity contribution in [3.63, 3.8) is 0 Å². The fourth-order valence-electron chi connectivity index (χ4n) is 4.46. The van der Waals surface area contributed by atoms with E-state index in [0.29, 0.717) is 24.8 Å². The molecule has 9 heteroatoms. The Kier molecular flexibility index (Phi) is 6.21. The summed E-state index contributed by atoms with van der Waals surface area (Å²) >= 11 is 0. The fraction of sp³-hybridized carbons (Fsp3) is 0.714. The number of ether oxygens (including phenoxy) is 5. The lowest BCUT2D eigenvalue weighted by Gasteiger charge is -2.29. The Bertz CT molecular complexity index is 785. The van der Waals surface area contributed by atoms with Crippen molar-refractivity contribution in [3.05, 3.63) is 11.1 Å². The lowest BCUT2D eigenvalue weighted by atomic mass is 9.82. The molecule has 0 bridgehead atoms. The van der Waals surface area contributed by atoms with Crippen molar-refractivity contribution >= 4 is 23.9 Å². The minimum absolute atomic E-state index is 0.0344. The molecule has 3 rings (SSSR count). The van der Waals surface area contributed by atoms with E-state index in [9.17, 15) is 19.2 Å². The first-order valence-corrected chi connectivity index (χ1v) is 10.1.